The molecule has 1 aromatic heterocycles. The van der Waals surface area contributed by atoms with E-state index in [0.29, 0.717) is 0 Å². The van der Waals surface area contributed by atoms with Crippen LogP contribution in [0.3, 0.4) is 0 Å². The molecule has 0 spiro atoms. The average molecular weight is 277 g/mol. The summed E-state index contributed by atoms with van der Waals surface area (Å²) in [5.41, 5.74) is 0. The fourth-order valence-electron chi connectivity index (χ4n) is 2.51. The lowest BCUT2D eigenvalue weighted by molar-refractivity contribution is -0.134. The molecule has 0 unspecified atom stereocenters. The molecule has 6 heteroatoms. The molecule has 1 N–H and O–H groups in total. The number of amides is 1. The van der Waals surface area contributed by atoms with Gasteiger partial charge in [0.1, 0.15) is 5.82 Å². The summed E-state index contributed by atoms with van der Waals surface area (Å²) in [5, 5.41) is 3.07. The highest BCUT2D eigenvalue weighted by atomic mass is 16.2. The third kappa shape index (κ3) is 3.66. The highest BCUT2D eigenvalue weighted by Gasteiger charge is 2.27. The van der Waals surface area contributed by atoms with Gasteiger partial charge in [-0.2, -0.15) is 0 Å². The van der Waals surface area contributed by atoms with Crippen molar-refractivity contribution in [2.24, 2.45) is 5.92 Å². The summed E-state index contributed by atoms with van der Waals surface area (Å²) in [7, 11) is 3.78. The van der Waals surface area contributed by atoms with Gasteiger partial charge < -0.3 is 15.1 Å². The SMILES string of the molecule is CNCCN(C)C(=O)C1CCN(c2cnccn2)CC1. The van der Waals surface area contributed by atoms with E-state index in [0.717, 1.165) is 44.8 Å². The van der Waals surface area contributed by atoms with E-state index < -0.39 is 0 Å². The Labute approximate surface area is 120 Å². The van der Waals surface area contributed by atoms with Gasteiger partial charge in [0.2, 0.25) is 5.91 Å². The van der Waals surface area contributed by atoms with E-state index in [1.807, 2.05) is 19.0 Å². The third-order valence-corrected chi connectivity index (χ3v) is 3.79. The number of piperidine rings is 1. The molecule has 1 amide bonds. The Morgan fingerprint density at radius 3 is 2.80 bits per heavy atom. The van der Waals surface area contributed by atoms with Crippen LogP contribution in [-0.2, 0) is 4.79 Å². The molecule has 0 atom stereocenters. The van der Waals surface area contributed by atoms with Crippen LogP contribution in [0, 0.1) is 5.92 Å². The molecule has 0 saturated carbocycles. The molecule has 20 heavy (non-hydrogen) atoms. The van der Waals surface area contributed by atoms with E-state index in [4.69, 9.17) is 0 Å². The van der Waals surface area contributed by atoms with Crippen LogP contribution in [0.15, 0.2) is 18.6 Å². The Morgan fingerprint density at radius 2 is 2.20 bits per heavy atom. The fraction of sp³-hybridized carbons (Fsp3) is 0.643. The van der Waals surface area contributed by atoms with E-state index in [9.17, 15) is 4.79 Å². The van der Waals surface area contributed by atoms with E-state index in [-0.39, 0.29) is 11.8 Å². The average Bonchev–Trinajstić information content (AvgIpc) is 2.53. The zero-order valence-electron chi connectivity index (χ0n) is 12.2. The Balaban J connectivity index is 1.83. The number of carbonyl (C=O) groups is 1. The minimum Gasteiger partial charge on any atom is -0.355 e. The van der Waals surface area contributed by atoms with E-state index in [1.165, 1.54) is 0 Å². The second kappa shape index (κ2) is 7.19. The minimum atomic E-state index is 0.143. The highest BCUT2D eigenvalue weighted by molar-refractivity contribution is 5.78. The first-order valence-corrected chi connectivity index (χ1v) is 7.13. The Bertz CT molecular complexity index is 417. The van der Waals surface area contributed by atoms with Crippen LogP contribution in [0.1, 0.15) is 12.8 Å². The van der Waals surface area contributed by atoms with Crippen molar-refractivity contribution >= 4 is 11.7 Å². The van der Waals surface area contributed by atoms with Crippen LogP contribution in [0.2, 0.25) is 0 Å². The largest absolute Gasteiger partial charge is 0.355 e. The first-order chi connectivity index (χ1) is 9.72. The maximum Gasteiger partial charge on any atom is 0.225 e. The molecule has 2 heterocycles. The maximum absolute atomic E-state index is 12.3. The summed E-state index contributed by atoms with van der Waals surface area (Å²) in [6.07, 6.45) is 6.94. The van der Waals surface area contributed by atoms with Gasteiger partial charge in [-0.05, 0) is 19.9 Å². The van der Waals surface area contributed by atoms with Gasteiger partial charge in [0.25, 0.3) is 0 Å². The number of hydrogen-bond acceptors (Lipinski definition) is 5. The zero-order valence-corrected chi connectivity index (χ0v) is 12.2. The molecule has 1 fully saturated rings. The number of anilines is 1. The highest BCUT2D eigenvalue weighted by Crippen LogP contribution is 2.22. The van der Waals surface area contributed by atoms with Crippen LogP contribution in [0.5, 0.6) is 0 Å². The monoisotopic (exact) mass is 277 g/mol. The molecule has 1 aliphatic heterocycles. The van der Waals surface area contributed by atoms with E-state index in [1.54, 1.807) is 18.6 Å². The molecule has 0 aliphatic carbocycles. The summed E-state index contributed by atoms with van der Waals surface area (Å²) in [6.45, 7) is 3.34. The van der Waals surface area contributed by atoms with Crippen molar-refractivity contribution in [3.05, 3.63) is 18.6 Å². The number of rotatable bonds is 5. The van der Waals surface area contributed by atoms with Gasteiger partial charge in [0.05, 0.1) is 6.20 Å². The van der Waals surface area contributed by atoms with Gasteiger partial charge >= 0.3 is 0 Å². The first-order valence-electron chi connectivity index (χ1n) is 7.13. The Morgan fingerprint density at radius 1 is 1.45 bits per heavy atom. The van der Waals surface area contributed by atoms with Gasteiger partial charge in [0.15, 0.2) is 0 Å². The van der Waals surface area contributed by atoms with Gasteiger partial charge in [-0.3, -0.25) is 9.78 Å². The minimum absolute atomic E-state index is 0.143. The van der Waals surface area contributed by atoms with Crippen LogP contribution < -0.4 is 10.2 Å². The fourth-order valence-corrected chi connectivity index (χ4v) is 2.51. The predicted molar refractivity (Wildman–Crippen MR) is 78.5 cm³/mol. The van der Waals surface area contributed by atoms with Crippen molar-refractivity contribution in [3.8, 4) is 0 Å². The maximum atomic E-state index is 12.3. The van der Waals surface area contributed by atoms with Gasteiger partial charge in [-0.25, -0.2) is 4.98 Å². The molecular weight excluding hydrogens is 254 g/mol. The molecule has 0 bridgehead atoms. The number of nitrogens with zero attached hydrogens (tertiary/aromatic N) is 4. The second-order valence-corrected chi connectivity index (χ2v) is 5.19. The van der Waals surface area contributed by atoms with E-state index in [2.05, 4.69) is 20.2 Å². The summed E-state index contributed by atoms with van der Waals surface area (Å²) in [6, 6.07) is 0. The summed E-state index contributed by atoms with van der Waals surface area (Å²) < 4.78 is 0. The van der Waals surface area contributed by atoms with Crippen LogP contribution in [-0.4, -0.2) is 61.0 Å². The topological polar surface area (TPSA) is 61.4 Å². The smallest absolute Gasteiger partial charge is 0.225 e. The molecule has 0 aromatic carbocycles. The number of aromatic nitrogens is 2. The lowest BCUT2D eigenvalue weighted by Crippen LogP contribution is -2.43. The number of carbonyl (C=O) groups excluding carboxylic acids is 1. The van der Waals surface area contributed by atoms with Gasteiger partial charge in [-0.15, -0.1) is 0 Å². The van der Waals surface area contributed by atoms with Crippen LogP contribution in [0.4, 0.5) is 5.82 Å². The molecule has 6 nitrogen and oxygen atoms in total. The first kappa shape index (κ1) is 14.7. The lowest BCUT2D eigenvalue weighted by Gasteiger charge is -2.33. The third-order valence-electron chi connectivity index (χ3n) is 3.79. The number of hydrogen-bond donors (Lipinski definition) is 1. The van der Waals surface area contributed by atoms with Crippen molar-refractivity contribution in [2.45, 2.75) is 12.8 Å². The zero-order chi connectivity index (χ0) is 14.4. The molecule has 0 radical (unpaired) electrons. The normalized spacial score (nSPS) is 16.2. The van der Waals surface area contributed by atoms with Crippen molar-refractivity contribution in [1.82, 2.24) is 20.2 Å². The Hall–Kier alpha value is -1.69. The van der Waals surface area contributed by atoms with Crippen molar-refractivity contribution in [1.29, 1.82) is 0 Å². The molecule has 2 rings (SSSR count). The molecule has 1 aromatic rings. The summed E-state index contributed by atoms with van der Waals surface area (Å²) in [5.74, 6) is 1.31. The van der Waals surface area contributed by atoms with Gasteiger partial charge in [-0.1, -0.05) is 0 Å². The predicted octanol–water partition coefficient (Wildman–Crippen LogP) is 0.371. The summed E-state index contributed by atoms with van der Waals surface area (Å²) >= 11 is 0. The lowest BCUT2D eigenvalue weighted by atomic mass is 9.95. The van der Waals surface area contributed by atoms with Crippen LogP contribution in [0.25, 0.3) is 0 Å². The molecular formula is C14H23N5O. The van der Waals surface area contributed by atoms with Crippen molar-refractivity contribution in [2.75, 3.05) is 45.2 Å². The number of likely N-dealkylation sites (N-methyl/N-ethyl adjacent to an activating group) is 2. The Kier molecular flexibility index (Phi) is 5.29. The standard InChI is InChI=1S/C14H23N5O/c1-15-7-10-18(2)14(20)12-3-8-19(9-4-12)13-11-16-5-6-17-13/h5-6,11-12,15H,3-4,7-10H2,1-2H3. The van der Waals surface area contributed by atoms with Crippen molar-refractivity contribution < 1.29 is 4.79 Å². The number of nitrogens with one attached hydrogen (secondary N) is 1. The molecule has 1 aliphatic rings. The van der Waals surface area contributed by atoms with Crippen molar-refractivity contribution in [3.63, 3.8) is 0 Å². The molecule has 1 saturated heterocycles. The van der Waals surface area contributed by atoms with E-state index >= 15 is 0 Å². The van der Waals surface area contributed by atoms with Gasteiger partial charge in [0, 0.05) is 51.5 Å². The van der Waals surface area contributed by atoms with Crippen LogP contribution >= 0.6 is 0 Å². The molecule has 110 valence electrons. The quantitative estimate of drug-likeness (QED) is 0.842. The summed E-state index contributed by atoms with van der Waals surface area (Å²) in [4.78, 5) is 24.7. The second-order valence-electron chi connectivity index (χ2n) is 5.19.